The number of hydrogen-bond acceptors (Lipinski definition) is 3. The van der Waals surface area contributed by atoms with Gasteiger partial charge in [0.2, 0.25) is 0 Å². The summed E-state index contributed by atoms with van der Waals surface area (Å²) < 4.78 is 5.88. The number of carbonyl (C=O) groups excluding carboxylic acids is 1. The normalized spacial score (nSPS) is 20.0. The van der Waals surface area contributed by atoms with E-state index in [4.69, 9.17) is 16.3 Å². The summed E-state index contributed by atoms with van der Waals surface area (Å²) in [4.78, 5) is 14.7. The lowest BCUT2D eigenvalue weighted by molar-refractivity contribution is -0.140. The molecule has 1 N–H and O–H groups in total. The first-order valence-electron chi connectivity index (χ1n) is 9.10. The third-order valence-electron chi connectivity index (χ3n) is 4.95. The second-order valence-electron chi connectivity index (χ2n) is 6.90. The Labute approximate surface area is 149 Å². The maximum Gasteiger partial charge on any atom is 0.263 e. The van der Waals surface area contributed by atoms with Crippen molar-refractivity contribution in [3.8, 4) is 5.75 Å². The summed E-state index contributed by atoms with van der Waals surface area (Å²) in [7, 11) is 0. The highest BCUT2D eigenvalue weighted by atomic mass is 35.5. The van der Waals surface area contributed by atoms with Gasteiger partial charge in [-0.3, -0.25) is 4.79 Å². The lowest BCUT2D eigenvalue weighted by Gasteiger charge is -2.34. The van der Waals surface area contributed by atoms with E-state index < -0.39 is 6.10 Å². The van der Waals surface area contributed by atoms with E-state index in [1.54, 1.807) is 6.07 Å². The molecular weight excluding hydrogens is 324 g/mol. The third-order valence-corrected chi connectivity index (χ3v) is 5.26. The minimum absolute atomic E-state index is 0.0815. The van der Waals surface area contributed by atoms with Gasteiger partial charge in [0, 0.05) is 19.1 Å². The lowest BCUT2D eigenvalue weighted by atomic mass is 10.0. The number of ether oxygens (including phenoxy) is 1. The van der Waals surface area contributed by atoms with E-state index in [-0.39, 0.29) is 5.91 Å². The summed E-state index contributed by atoms with van der Waals surface area (Å²) >= 11 is 6.14. The van der Waals surface area contributed by atoms with Gasteiger partial charge in [0.25, 0.3) is 5.91 Å². The SMILES string of the molecule is CCC(Oc1ccccc1Cl)C(=O)N1CCC(NCC2CC2)CC1. The van der Waals surface area contributed by atoms with Crippen molar-refractivity contribution in [2.45, 2.75) is 51.2 Å². The first-order valence-corrected chi connectivity index (χ1v) is 9.48. The molecule has 1 saturated carbocycles. The molecule has 1 heterocycles. The quantitative estimate of drug-likeness (QED) is 0.818. The summed E-state index contributed by atoms with van der Waals surface area (Å²) in [6.07, 6.45) is 5.00. The van der Waals surface area contributed by atoms with E-state index in [2.05, 4.69) is 5.32 Å². The Morgan fingerprint density at radius 3 is 2.62 bits per heavy atom. The van der Waals surface area contributed by atoms with Gasteiger partial charge >= 0.3 is 0 Å². The summed E-state index contributed by atoms with van der Waals surface area (Å²) in [6, 6.07) is 7.88. The van der Waals surface area contributed by atoms with Gasteiger partial charge in [-0.15, -0.1) is 0 Å². The largest absolute Gasteiger partial charge is 0.479 e. The number of piperidine rings is 1. The molecule has 1 aromatic carbocycles. The van der Waals surface area contributed by atoms with Crippen molar-refractivity contribution in [1.29, 1.82) is 0 Å². The van der Waals surface area contributed by atoms with Crippen LogP contribution in [0.2, 0.25) is 5.02 Å². The second-order valence-corrected chi connectivity index (χ2v) is 7.30. The predicted molar refractivity (Wildman–Crippen MR) is 96.5 cm³/mol. The van der Waals surface area contributed by atoms with Gasteiger partial charge in [-0.05, 0) is 56.7 Å². The van der Waals surface area contributed by atoms with Crippen LogP contribution >= 0.6 is 11.6 Å². The van der Waals surface area contributed by atoms with E-state index in [9.17, 15) is 4.79 Å². The maximum absolute atomic E-state index is 12.8. The van der Waals surface area contributed by atoms with Crippen molar-refractivity contribution in [3.63, 3.8) is 0 Å². The summed E-state index contributed by atoms with van der Waals surface area (Å²) in [5, 5.41) is 4.19. The molecule has 5 heteroatoms. The van der Waals surface area contributed by atoms with E-state index in [0.29, 0.717) is 23.2 Å². The van der Waals surface area contributed by atoms with Crippen LogP contribution in [-0.2, 0) is 4.79 Å². The number of halogens is 1. The van der Waals surface area contributed by atoms with Gasteiger partial charge < -0.3 is 15.0 Å². The minimum Gasteiger partial charge on any atom is -0.479 e. The molecule has 132 valence electrons. The minimum atomic E-state index is -0.458. The highest BCUT2D eigenvalue weighted by molar-refractivity contribution is 6.32. The Bertz CT molecular complexity index is 554. The van der Waals surface area contributed by atoms with Crippen LogP contribution in [-0.4, -0.2) is 42.6 Å². The van der Waals surface area contributed by atoms with Gasteiger partial charge in [-0.25, -0.2) is 0 Å². The Hall–Kier alpha value is -1.26. The van der Waals surface area contributed by atoms with E-state index >= 15 is 0 Å². The maximum atomic E-state index is 12.8. The monoisotopic (exact) mass is 350 g/mol. The van der Waals surface area contributed by atoms with Crippen molar-refractivity contribution in [2.75, 3.05) is 19.6 Å². The molecule has 1 saturated heterocycles. The summed E-state index contributed by atoms with van der Waals surface area (Å²) in [5.41, 5.74) is 0. The molecule has 2 fully saturated rings. The first-order chi connectivity index (χ1) is 11.7. The molecule has 0 radical (unpaired) electrons. The molecule has 0 spiro atoms. The number of carbonyl (C=O) groups is 1. The van der Waals surface area contributed by atoms with Crippen LogP contribution in [0.25, 0.3) is 0 Å². The van der Waals surface area contributed by atoms with Crippen molar-refractivity contribution >= 4 is 17.5 Å². The number of para-hydroxylation sites is 1. The van der Waals surface area contributed by atoms with Crippen molar-refractivity contribution in [3.05, 3.63) is 29.3 Å². The molecule has 1 aliphatic heterocycles. The number of rotatable bonds is 7. The molecule has 24 heavy (non-hydrogen) atoms. The van der Waals surface area contributed by atoms with Crippen LogP contribution in [0.5, 0.6) is 5.75 Å². The number of nitrogens with one attached hydrogen (secondary N) is 1. The topological polar surface area (TPSA) is 41.6 Å². The van der Waals surface area contributed by atoms with Gasteiger partial charge in [0.05, 0.1) is 5.02 Å². The average Bonchev–Trinajstić information content (AvgIpc) is 3.44. The second kappa shape index (κ2) is 8.21. The van der Waals surface area contributed by atoms with Gasteiger partial charge in [0.1, 0.15) is 5.75 Å². The fraction of sp³-hybridized carbons (Fsp3) is 0.632. The van der Waals surface area contributed by atoms with Gasteiger partial charge in [-0.1, -0.05) is 30.7 Å². The Kier molecular flexibility index (Phi) is 6.01. The fourth-order valence-corrected chi connectivity index (χ4v) is 3.35. The van der Waals surface area contributed by atoms with Crippen molar-refractivity contribution in [1.82, 2.24) is 10.2 Å². The van der Waals surface area contributed by atoms with Crippen LogP contribution in [0.3, 0.4) is 0 Å². The van der Waals surface area contributed by atoms with Crippen LogP contribution in [0.15, 0.2) is 24.3 Å². The number of amides is 1. The van der Waals surface area contributed by atoms with Gasteiger partial charge in [-0.2, -0.15) is 0 Å². The molecule has 2 aliphatic rings. The lowest BCUT2D eigenvalue weighted by Crippen LogP contribution is -2.49. The Morgan fingerprint density at radius 2 is 2.00 bits per heavy atom. The molecule has 1 unspecified atom stereocenters. The molecule has 1 atom stereocenters. The average molecular weight is 351 g/mol. The molecule has 0 aromatic heterocycles. The Balaban J connectivity index is 1.50. The molecule has 1 amide bonds. The zero-order chi connectivity index (χ0) is 16.9. The third kappa shape index (κ3) is 4.64. The zero-order valence-electron chi connectivity index (χ0n) is 14.3. The first kappa shape index (κ1) is 17.6. The molecule has 1 aromatic rings. The van der Waals surface area contributed by atoms with Crippen LogP contribution in [0, 0.1) is 5.92 Å². The van der Waals surface area contributed by atoms with Crippen LogP contribution in [0.1, 0.15) is 39.0 Å². The van der Waals surface area contributed by atoms with E-state index in [1.807, 2.05) is 30.0 Å². The summed E-state index contributed by atoms with van der Waals surface area (Å²) in [6.45, 7) is 4.74. The zero-order valence-corrected chi connectivity index (χ0v) is 15.1. The van der Waals surface area contributed by atoms with E-state index in [0.717, 1.165) is 38.4 Å². The molecule has 3 rings (SSSR count). The molecule has 0 bridgehead atoms. The van der Waals surface area contributed by atoms with Crippen molar-refractivity contribution < 1.29 is 9.53 Å². The summed E-state index contributed by atoms with van der Waals surface area (Å²) in [5.74, 6) is 1.57. The Morgan fingerprint density at radius 1 is 1.29 bits per heavy atom. The van der Waals surface area contributed by atoms with E-state index in [1.165, 1.54) is 12.8 Å². The number of likely N-dealkylation sites (tertiary alicyclic amines) is 1. The smallest absolute Gasteiger partial charge is 0.263 e. The number of nitrogens with zero attached hydrogens (tertiary/aromatic N) is 1. The predicted octanol–water partition coefficient (Wildman–Crippen LogP) is 3.49. The highest BCUT2D eigenvalue weighted by Gasteiger charge is 2.29. The van der Waals surface area contributed by atoms with Crippen LogP contribution < -0.4 is 10.1 Å². The standard InChI is InChI=1S/C19H27ClN2O2/c1-2-17(24-18-6-4-3-5-16(18)20)19(23)22-11-9-15(10-12-22)21-13-14-7-8-14/h3-6,14-15,17,21H,2,7-13H2,1H3. The highest BCUT2D eigenvalue weighted by Crippen LogP contribution is 2.28. The van der Waals surface area contributed by atoms with Gasteiger partial charge in [0.15, 0.2) is 6.10 Å². The molecular formula is C19H27ClN2O2. The molecule has 1 aliphatic carbocycles. The molecule has 4 nitrogen and oxygen atoms in total. The number of benzene rings is 1. The number of hydrogen-bond donors (Lipinski definition) is 1. The van der Waals surface area contributed by atoms with Crippen LogP contribution in [0.4, 0.5) is 0 Å². The van der Waals surface area contributed by atoms with Crippen molar-refractivity contribution in [2.24, 2.45) is 5.92 Å². The fourth-order valence-electron chi connectivity index (χ4n) is 3.16.